The lowest BCUT2D eigenvalue weighted by molar-refractivity contribution is 0.633. The zero-order valence-electron chi connectivity index (χ0n) is 8.07. The largest absolute Gasteiger partial charge is 0.398 e. The number of anilines is 2. The summed E-state index contributed by atoms with van der Waals surface area (Å²) in [7, 11) is 0. The minimum Gasteiger partial charge on any atom is -0.398 e. The smallest absolute Gasteiger partial charge is 0.146 e. The number of nitrogens with two attached hydrogens (primary N) is 2. The van der Waals surface area contributed by atoms with Crippen LogP contribution in [0.15, 0.2) is 42.5 Å². The number of halogens is 1. The summed E-state index contributed by atoms with van der Waals surface area (Å²) in [5.41, 5.74) is 13.5. The second kappa shape index (κ2) is 3.61. The Kier molecular flexibility index (Phi) is 2.29. The molecule has 0 bridgehead atoms. The van der Waals surface area contributed by atoms with E-state index in [1.54, 1.807) is 12.1 Å². The van der Waals surface area contributed by atoms with Gasteiger partial charge in [0.1, 0.15) is 5.82 Å². The standard InChI is InChI=1S/C12H11FN2/c13-10-7-8(5-6-12(10)15)9-3-1-2-4-11(9)14/h1-7H,14-15H2. The molecule has 0 saturated heterocycles. The number of rotatable bonds is 1. The molecule has 0 fully saturated rings. The Morgan fingerprint density at radius 3 is 2.27 bits per heavy atom. The minimum atomic E-state index is -0.421. The summed E-state index contributed by atoms with van der Waals surface area (Å²) < 4.78 is 13.2. The molecule has 0 amide bonds. The molecule has 0 heterocycles. The van der Waals surface area contributed by atoms with E-state index >= 15 is 0 Å². The predicted octanol–water partition coefficient (Wildman–Crippen LogP) is 2.66. The van der Waals surface area contributed by atoms with Gasteiger partial charge in [0.05, 0.1) is 5.69 Å². The number of para-hydroxylation sites is 1. The van der Waals surface area contributed by atoms with Gasteiger partial charge in [-0.15, -0.1) is 0 Å². The van der Waals surface area contributed by atoms with E-state index < -0.39 is 5.82 Å². The average Bonchev–Trinajstić information content (AvgIpc) is 2.23. The van der Waals surface area contributed by atoms with E-state index in [2.05, 4.69) is 0 Å². The topological polar surface area (TPSA) is 52.0 Å². The van der Waals surface area contributed by atoms with Crippen LogP contribution in [0, 0.1) is 5.82 Å². The van der Waals surface area contributed by atoms with Gasteiger partial charge < -0.3 is 11.5 Å². The van der Waals surface area contributed by atoms with Crippen LogP contribution in [0.1, 0.15) is 0 Å². The molecular weight excluding hydrogens is 191 g/mol. The molecule has 2 aromatic carbocycles. The SMILES string of the molecule is Nc1ccc(-c2ccccc2N)cc1F. The van der Waals surface area contributed by atoms with Crippen LogP contribution in [0.2, 0.25) is 0 Å². The van der Waals surface area contributed by atoms with E-state index in [1.165, 1.54) is 12.1 Å². The van der Waals surface area contributed by atoms with Crippen LogP contribution in [0.25, 0.3) is 11.1 Å². The molecule has 15 heavy (non-hydrogen) atoms. The maximum Gasteiger partial charge on any atom is 0.146 e. The van der Waals surface area contributed by atoms with Crippen LogP contribution in [0.4, 0.5) is 15.8 Å². The molecule has 2 rings (SSSR count). The first kappa shape index (κ1) is 9.52. The minimum absolute atomic E-state index is 0.147. The van der Waals surface area contributed by atoms with Crippen molar-refractivity contribution in [3.8, 4) is 11.1 Å². The highest BCUT2D eigenvalue weighted by Crippen LogP contribution is 2.27. The number of nitrogen functional groups attached to an aromatic ring is 2. The van der Waals surface area contributed by atoms with E-state index in [-0.39, 0.29) is 5.69 Å². The van der Waals surface area contributed by atoms with Gasteiger partial charge in [-0.2, -0.15) is 0 Å². The highest BCUT2D eigenvalue weighted by Gasteiger charge is 2.04. The summed E-state index contributed by atoms with van der Waals surface area (Å²) >= 11 is 0. The van der Waals surface area contributed by atoms with Crippen molar-refractivity contribution >= 4 is 11.4 Å². The molecule has 0 spiro atoms. The number of hydrogen-bond donors (Lipinski definition) is 2. The highest BCUT2D eigenvalue weighted by molar-refractivity contribution is 5.76. The molecule has 4 N–H and O–H groups in total. The molecule has 0 aromatic heterocycles. The molecule has 0 aliphatic carbocycles. The van der Waals surface area contributed by atoms with Gasteiger partial charge in [-0.05, 0) is 23.8 Å². The van der Waals surface area contributed by atoms with Crippen molar-refractivity contribution in [1.82, 2.24) is 0 Å². The predicted molar refractivity (Wildman–Crippen MR) is 60.7 cm³/mol. The molecule has 0 radical (unpaired) electrons. The molecule has 0 atom stereocenters. The summed E-state index contributed by atoms with van der Waals surface area (Å²) in [6.45, 7) is 0. The van der Waals surface area contributed by atoms with Crippen molar-refractivity contribution in [2.75, 3.05) is 11.5 Å². The molecule has 2 aromatic rings. The Balaban J connectivity index is 2.55. The molecule has 0 aliphatic rings. The Bertz CT molecular complexity index is 495. The lowest BCUT2D eigenvalue weighted by Gasteiger charge is -2.06. The number of benzene rings is 2. The van der Waals surface area contributed by atoms with Gasteiger partial charge in [-0.1, -0.05) is 24.3 Å². The molecule has 2 nitrogen and oxygen atoms in total. The lowest BCUT2D eigenvalue weighted by Crippen LogP contribution is -1.93. The van der Waals surface area contributed by atoms with Crippen molar-refractivity contribution in [2.24, 2.45) is 0 Å². The number of hydrogen-bond acceptors (Lipinski definition) is 2. The van der Waals surface area contributed by atoms with Crippen molar-refractivity contribution in [1.29, 1.82) is 0 Å². The lowest BCUT2D eigenvalue weighted by atomic mass is 10.0. The second-order valence-electron chi connectivity index (χ2n) is 3.32. The zero-order valence-corrected chi connectivity index (χ0v) is 8.07. The summed E-state index contributed by atoms with van der Waals surface area (Å²) in [5, 5.41) is 0. The van der Waals surface area contributed by atoms with E-state index in [9.17, 15) is 4.39 Å². The quantitative estimate of drug-likeness (QED) is 0.698. The van der Waals surface area contributed by atoms with Crippen LogP contribution >= 0.6 is 0 Å². The van der Waals surface area contributed by atoms with Crippen LogP contribution in [0.3, 0.4) is 0 Å². The Hall–Kier alpha value is -2.03. The Morgan fingerprint density at radius 2 is 1.60 bits per heavy atom. The summed E-state index contributed by atoms with van der Waals surface area (Å²) in [4.78, 5) is 0. The van der Waals surface area contributed by atoms with E-state index in [0.29, 0.717) is 5.69 Å². The van der Waals surface area contributed by atoms with E-state index in [4.69, 9.17) is 11.5 Å². The third kappa shape index (κ3) is 1.76. The van der Waals surface area contributed by atoms with Gasteiger partial charge in [-0.25, -0.2) is 4.39 Å². The average molecular weight is 202 g/mol. The van der Waals surface area contributed by atoms with Crippen LogP contribution < -0.4 is 11.5 Å². The van der Waals surface area contributed by atoms with Gasteiger partial charge in [0.15, 0.2) is 0 Å². The van der Waals surface area contributed by atoms with Crippen LogP contribution in [-0.2, 0) is 0 Å². The maximum absolute atomic E-state index is 13.2. The van der Waals surface area contributed by atoms with Gasteiger partial charge in [0, 0.05) is 11.3 Å². The fourth-order valence-electron chi connectivity index (χ4n) is 1.45. The first-order valence-electron chi connectivity index (χ1n) is 4.58. The van der Waals surface area contributed by atoms with Crippen molar-refractivity contribution in [3.05, 3.63) is 48.3 Å². The molecule has 76 valence electrons. The van der Waals surface area contributed by atoms with E-state index in [1.807, 2.05) is 18.2 Å². The van der Waals surface area contributed by atoms with Gasteiger partial charge in [-0.3, -0.25) is 0 Å². The molecular formula is C12H11FN2. The molecule has 0 saturated carbocycles. The third-order valence-corrected chi connectivity index (χ3v) is 2.27. The first-order chi connectivity index (χ1) is 7.18. The molecule has 3 heteroatoms. The second-order valence-corrected chi connectivity index (χ2v) is 3.32. The monoisotopic (exact) mass is 202 g/mol. The Morgan fingerprint density at radius 1 is 0.867 bits per heavy atom. The highest BCUT2D eigenvalue weighted by atomic mass is 19.1. The fraction of sp³-hybridized carbons (Fsp3) is 0. The van der Waals surface area contributed by atoms with Crippen molar-refractivity contribution < 1.29 is 4.39 Å². The van der Waals surface area contributed by atoms with Crippen molar-refractivity contribution in [3.63, 3.8) is 0 Å². The normalized spacial score (nSPS) is 10.2. The summed E-state index contributed by atoms with van der Waals surface area (Å²) in [5.74, 6) is -0.421. The summed E-state index contributed by atoms with van der Waals surface area (Å²) in [6, 6.07) is 12.0. The fourth-order valence-corrected chi connectivity index (χ4v) is 1.45. The van der Waals surface area contributed by atoms with Crippen molar-refractivity contribution in [2.45, 2.75) is 0 Å². The van der Waals surface area contributed by atoms with Gasteiger partial charge in [0.2, 0.25) is 0 Å². The molecule has 0 unspecified atom stereocenters. The van der Waals surface area contributed by atoms with Crippen LogP contribution in [0.5, 0.6) is 0 Å². The summed E-state index contributed by atoms with van der Waals surface area (Å²) in [6.07, 6.45) is 0. The first-order valence-corrected chi connectivity index (χ1v) is 4.58. The third-order valence-electron chi connectivity index (χ3n) is 2.27. The molecule has 0 aliphatic heterocycles. The maximum atomic E-state index is 13.2. The Labute approximate surface area is 87.3 Å². The van der Waals surface area contributed by atoms with Gasteiger partial charge in [0.25, 0.3) is 0 Å². The van der Waals surface area contributed by atoms with Crippen LogP contribution in [-0.4, -0.2) is 0 Å². The van der Waals surface area contributed by atoms with Gasteiger partial charge >= 0.3 is 0 Å². The zero-order chi connectivity index (χ0) is 10.8. The van der Waals surface area contributed by atoms with E-state index in [0.717, 1.165) is 11.1 Å².